The number of aromatic hydroxyl groups is 2. The number of Topliss-reactive ketones (excluding diaryl/α,β-unsaturated/α-hetero) is 1. The molecule has 3 aromatic carbocycles. The summed E-state index contributed by atoms with van der Waals surface area (Å²) >= 11 is 0. The Hall–Kier alpha value is -9.40. The summed E-state index contributed by atoms with van der Waals surface area (Å²) in [7, 11) is 4.11. The van der Waals surface area contributed by atoms with Crippen LogP contribution in [-0.4, -0.2) is 219 Å². The van der Waals surface area contributed by atoms with Gasteiger partial charge in [-0.05, 0) is 62.3 Å². The van der Waals surface area contributed by atoms with Gasteiger partial charge in [0, 0.05) is 113 Å². The first kappa shape index (κ1) is 70.4. The lowest BCUT2D eigenvalue weighted by Crippen LogP contribution is -2.53. The standard InChI is InChI=1S/C66H81N11O20/c1-35(2)56(70-47(79)15-8-7-9-23-76-48(80)20-21-49(76)81)41-31-77(72-71-41)42(13-11-22-68-63(67)87)62(86)69-38-18-16-37(17-19-38)32-93-64(88)73(4)24-25-74(5)65(89)94-33-46(78)66(90)29-40-53(45(30-66)96-51-28-43-61(36(3)95-51)97-50-34-92-27-26-75(43)50)60(85)55-54(58(40)83)57(82)39-12-10-14-44(91-6)52(39)59(55)84/h10,12,14,16-21,31,35-36,42-43,45,50-51,56,61,83,85,90H,7-9,11,13,15,22-30,32-34H2,1-6H3,(H,69,86)(H,70,79)(H3,67,68,87)/t36-,42-,43-,45-,50+,51-,56-,61+,66-/m0/s1. The molecule has 31 heteroatoms. The first-order chi connectivity index (χ1) is 46.4. The van der Waals surface area contributed by atoms with Gasteiger partial charge in [-0.3, -0.25) is 43.4 Å². The average molecular weight is 1350 g/mol. The predicted molar refractivity (Wildman–Crippen MR) is 338 cm³/mol. The fourth-order valence-corrected chi connectivity index (χ4v) is 13.0. The van der Waals surface area contributed by atoms with Crippen molar-refractivity contribution in [2.75, 3.05) is 79.1 Å². The monoisotopic (exact) mass is 1350 g/mol. The number of nitrogens with one attached hydrogen (secondary N) is 3. The number of unbranched alkanes of at least 4 members (excludes halogenated alkanes) is 2. The van der Waals surface area contributed by atoms with Crippen molar-refractivity contribution < 1.29 is 96.4 Å². The number of rotatable bonds is 27. The van der Waals surface area contributed by atoms with E-state index in [4.69, 9.17) is 38.9 Å². The SMILES string of the molecule is COc1cccc2c1C(=O)c1c(O)c3c(c(O)c1C2=O)C[C@@](O)(C(=O)COC(=O)N(C)CCN(C)C(=O)OCc1ccc(NC(=O)[C@H](CCCNC(N)=O)n2cc([C@@H](NC(=O)CCCCCN4C(=O)C=CC4=O)C(C)C)nn2)cc1)C[C@@H]3O[C@H]1C[C@H]2[C@H](O[C@@H]3COCCN32)[C@H](C)O1. The van der Waals surface area contributed by atoms with Crippen LogP contribution in [0, 0.1) is 5.92 Å². The number of ketones is 3. The second-order valence-corrected chi connectivity index (χ2v) is 25.3. The van der Waals surface area contributed by atoms with Gasteiger partial charge in [-0.15, -0.1) is 5.10 Å². The fraction of sp³-hybridized carbons (Fsp3) is 0.515. The molecule has 0 bridgehead atoms. The minimum absolute atomic E-state index is 0.0563. The largest absolute Gasteiger partial charge is 0.507 e. The van der Waals surface area contributed by atoms with Gasteiger partial charge < -0.3 is 80.0 Å². The molecule has 6 aliphatic rings. The molecule has 31 nitrogen and oxygen atoms in total. The number of hydrogen-bond acceptors (Lipinski definition) is 23. The Balaban J connectivity index is 0.719. The molecular formula is C66H81N11O20. The number of imide groups is 1. The zero-order valence-electron chi connectivity index (χ0n) is 54.7. The normalized spacial score (nSPS) is 22.3. The molecule has 0 spiro atoms. The molecule has 10 rings (SSSR count). The molecule has 2 aliphatic carbocycles. The van der Waals surface area contributed by atoms with E-state index in [1.165, 1.54) is 61.1 Å². The van der Waals surface area contributed by atoms with Crippen LogP contribution in [0.5, 0.6) is 17.2 Å². The van der Waals surface area contributed by atoms with Gasteiger partial charge in [0.25, 0.3) is 11.8 Å². The van der Waals surface area contributed by atoms with Gasteiger partial charge in [-0.2, -0.15) is 0 Å². The number of anilines is 1. The highest BCUT2D eigenvalue weighted by Crippen LogP contribution is 2.53. The quantitative estimate of drug-likeness (QED) is 0.0224. The van der Waals surface area contributed by atoms with Crippen LogP contribution >= 0.6 is 0 Å². The number of hydrogen-bond donors (Lipinski definition) is 7. The van der Waals surface area contributed by atoms with Crippen LogP contribution in [0.4, 0.5) is 20.1 Å². The Morgan fingerprint density at radius 1 is 0.876 bits per heavy atom. The van der Waals surface area contributed by atoms with Crippen LogP contribution in [0.15, 0.2) is 60.8 Å². The van der Waals surface area contributed by atoms with Crippen molar-refractivity contribution in [1.82, 2.24) is 45.2 Å². The highest BCUT2D eigenvalue weighted by molar-refractivity contribution is 6.31. The third-order valence-electron chi connectivity index (χ3n) is 18.3. The number of carbonyl (C=O) groups is 10. The molecule has 0 radical (unpaired) electrons. The number of benzene rings is 3. The third-order valence-corrected chi connectivity index (χ3v) is 18.3. The van der Waals surface area contributed by atoms with Crippen LogP contribution in [0.25, 0.3) is 0 Å². The molecule has 0 unspecified atom stereocenters. The van der Waals surface area contributed by atoms with E-state index in [2.05, 4.69) is 31.2 Å². The van der Waals surface area contributed by atoms with Gasteiger partial charge in [0.05, 0.1) is 61.5 Å². The summed E-state index contributed by atoms with van der Waals surface area (Å²) in [4.78, 5) is 137. The number of likely N-dealkylation sites (N-methyl/N-ethyl adjacent to an activating group) is 2. The number of aromatic nitrogens is 3. The minimum atomic E-state index is -2.46. The Kier molecular flexibility index (Phi) is 22.0. The van der Waals surface area contributed by atoms with Crippen molar-refractivity contribution in [1.29, 1.82) is 0 Å². The molecule has 9 atom stereocenters. The maximum absolute atomic E-state index is 14.3. The predicted octanol–water partition coefficient (Wildman–Crippen LogP) is 3.60. The number of phenols is 2. The van der Waals surface area contributed by atoms with Crippen LogP contribution in [-0.2, 0) is 65.4 Å². The highest BCUT2D eigenvalue weighted by Gasteiger charge is 2.54. The Labute approximate surface area is 557 Å². The number of primary amides is 1. The number of methoxy groups -OCH3 is 1. The molecule has 4 aliphatic heterocycles. The lowest BCUT2D eigenvalue weighted by atomic mass is 9.72. The number of phenolic OH excluding ortho intramolecular Hbond substituents is 2. The third kappa shape index (κ3) is 15.6. The fourth-order valence-electron chi connectivity index (χ4n) is 13.0. The molecule has 3 fully saturated rings. The number of urea groups is 1. The van der Waals surface area contributed by atoms with Crippen molar-refractivity contribution in [2.24, 2.45) is 11.7 Å². The summed E-state index contributed by atoms with van der Waals surface area (Å²) in [5.41, 5.74) is 2.49. The number of carbonyl (C=O) groups excluding carboxylic acids is 10. The van der Waals surface area contributed by atoms with Crippen LogP contribution in [0.2, 0.25) is 0 Å². The number of fused-ring (bicyclic) bond motifs is 6. The van der Waals surface area contributed by atoms with E-state index in [0.717, 1.165) is 9.80 Å². The summed E-state index contributed by atoms with van der Waals surface area (Å²) in [6, 6.07) is 8.42. The molecule has 8 N–H and O–H groups in total. The summed E-state index contributed by atoms with van der Waals surface area (Å²) < 4.78 is 42.6. The molecule has 520 valence electrons. The summed E-state index contributed by atoms with van der Waals surface area (Å²) in [5, 5.41) is 53.6. The molecular weight excluding hydrogens is 1270 g/mol. The Morgan fingerprint density at radius 3 is 2.29 bits per heavy atom. The molecule has 5 heterocycles. The molecule has 0 saturated carbocycles. The van der Waals surface area contributed by atoms with E-state index in [9.17, 15) is 63.3 Å². The van der Waals surface area contributed by atoms with Gasteiger partial charge in [0.1, 0.15) is 53.5 Å². The molecule has 1 aromatic heterocycles. The second kappa shape index (κ2) is 30.3. The van der Waals surface area contributed by atoms with E-state index < -0.39 is 120 Å². The van der Waals surface area contributed by atoms with Gasteiger partial charge in [0.2, 0.25) is 23.4 Å². The van der Waals surface area contributed by atoms with Gasteiger partial charge in [-0.1, -0.05) is 49.7 Å². The van der Waals surface area contributed by atoms with E-state index in [0.29, 0.717) is 62.4 Å². The number of morpholine rings is 1. The van der Waals surface area contributed by atoms with E-state index in [-0.39, 0.29) is 122 Å². The number of aliphatic hydroxyl groups is 1. The van der Waals surface area contributed by atoms with E-state index >= 15 is 0 Å². The minimum Gasteiger partial charge on any atom is -0.507 e. The number of ether oxygens (including phenoxy) is 7. The number of nitrogens with zero attached hydrogens (tertiary/aromatic N) is 7. The topological polar surface area (TPSA) is 402 Å². The summed E-state index contributed by atoms with van der Waals surface area (Å²) in [6.07, 6.45) is -0.0202. The van der Waals surface area contributed by atoms with E-state index in [1.54, 1.807) is 30.5 Å². The van der Waals surface area contributed by atoms with E-state index in [1.807, 2.05) is 20.8 Å². The molecule has 97 heavy (non-hydrogen) atoms. The van der Waals surface area contributed by atoms with Gasteiger partial charge >= 0.3 is 18.2 Å². The number of amides is 8. The van der Waals surface area contributed by atoms with Crippen LogP contribution < -0.4 is 26.4 Å². The van der Waals surface area contributed by atoms with Crippen LogP contribution in [0.3, 0.4) is 0 Å². The van der Waals surface area contributed by atoms with Crippen molar-refractivity contribution in [3.8, 4) is 17.2 Å². The van der Waals surface area contributed by atoms with Crippen molar-refractivity contribution in [2.45, 2.75) is 140 Å². The van der Waals surface area contributed by atoms with Crippen molar-refractivity contribution in [3.63, 3.8) is 0 Å². The van der Waals surface area contributed by atoms with Gasteiger partial charge in [0.15, 0.2) is 18.7 Å². The van der Waals surface area contributed by atoms with Crippen molar-refractivity contribution >= 4 is 64.9 Å². The molecule has 4 aromatic rings. The maximum Gasteiger partial charge on any atom is 0.409 e. The highest BCUT2D eigenvalue weighted by atomic mass is 16.7. The Bertz CT molecular complexity index is 3710. The Morgan fingerprint density at radius 2 is 1.59 bits per heavy atom. The zero-order chi connectivity index (χ0) is 69.6. The summed E-state index contributed by atoms with van der Waals surface area (Å²) in [5.74, 6) is -5.61. The van der Waals surface area contributed by atoms with Crippen molar-refractivity contribution in [3.05, 3.63) is 105 Å². The molecule has 3 saturated heterocycles. The van der Waals surface area contributed by atoms with Crippen LogP contribution in [0.1, 0.15) is 145 Å². The lowest BCUT2D eigenvalue weighted by Gasteiger charge is -2.43. The average Bonchev–Trinajstić information content (AvgIpc) is 1.38. The first-order valence-corrected chi connectivity index (χ1v) is 32.2. The maximum atomic E-state index is 14.3. The summed E-state index contributed by atoms with van der Waals surface area (Å²) in [6.45, 7) is 6.11. The zero-order valence-corrected chi connectivity index (χ0v) is 54.7. The van der Waals surface area contributed by atoms with Gasteiger partial charge in [-0.25, -0.2) is 19.1 Å². The lowest BCUT2D eigenvalue weighted by molar-refractivity contribution is -0.247. The number of nitrogens with two attached hydrogens (primary N) is 1. The second-order valence-electron chi connectivity index (χ2n) is 25.3. The first-order valence-electron chi connectivity index (χ1n) is 32.2. The molecule has 8 amide bonds. The smallest absolute Gasteiger partial charge is 0.409 e.